The molecule has 0 radical (unpaired) electrons. The van der Waals surface area contributed by atoms with Crippen LogP contribution in [0.1, 0.15) is 31.5 Å². The summed E-state index contributed by atoms with van der Waals surface area (Å²) in [6.45, 7) is 2.15. The number of unbranched alkanes of at least 4 members (excludes halogenated alkanes) is 1. The first-order chi connectivity index (χ1) is 12.8. The van der Waals surface area contributed by atoms with E-state index in [1.54, 1.807) is 16.8 Å². The van der Waals surface area contributed by atoms with E-state index < -0.39 is 0 Å². The van der Waals surface area contributed by atoms with Crippen molar-refractivity contribution in [2.75, 3.05) is 5.75 Å². The monoisotopic (exact) mass is 364 g/mol. The van der Waals surface area contributed by atoms with Gasteiger partial charge in [0.05, 0.1) is 5.36 Å². The van der Waals surface area contributed by atoms with Gasteiger partial charge in [-0.15, -0.1) is 5.10 Å². The first-order valence-electron chi connectivity index (χ1n) is 8.82. The smallest absolute Gasteiger partial charge is 0.276 e. The summed E-state index contributed by atoms with van der Waals surface area (Å²) in [4.78, 5) is 17.8. The lowest BCUT2D eigenvalue weighted by atomic mass is 10.1. The predicted octanol–water partition coefficient (Wildman–Crippen LogP) is 2.36. The van der Waals surface area contributed by atoms with Crippen LogP contribution in [0.15, 0.2) is 64.7 Å². The number of benzene rings is 2. The number of carbonyl (C=O) groups excluding carboxylic acids is 1. The molecule has 0 fully saturated rings. The molecular weight excluding hydrogens is 344 g/mol. The van der Waals surface area contributed by atoms with Gasteiger partial charge in [-0.1, -0.05) is 73.6 Å². The van der Waals surface area contributed by atoms with Gasteiger partial charge in [0, 0.05) is 11.0 Å². The number of nitrogens with zero attached hydrogens (tertiary/aromatic N) is 3. The Hall–Kier alpha value is -2.60. The van der Waals surface area contributed by atoms with E-state index >= 15 is 0 Å². The second-order valence-corrected chi connectivity index (χ2v) is 7.27. The van der Waals surface area contributed by atoms with Crippen molar-refractivity contribution in [3.8, 4) is 0 Å². The minimum Gasteiger partial charge on any atom is -0.298 e. The van der Waals surface area contributed by atoms with E-state index in [4.69, 9.17) is 10.1 Å². The highest BCUT2D eigenvalue weighted by Crippen LogP contribution is 2.30. The van der Waals surface area contributed by atoms with E-state index in [1.165, 1.54) is 0 Å². The third-order valence-electron chi connectivity index (χ3n) is 4.35. The number of thioether (sulfide) groups is 1. The number of hydrogen-bond donors (Lipinski definition) is 1. The molecule has 0 bridgehead atoms. The molecule has 0 saturated heterocycles. The zero-order chi connectivity index (χ0) is 17.9. The van der Waals surface area contributed by atoms with Crippen LogP contribution >= 0.6 is 11.8 Å². The van der Waals surface area contributed by atoms with Crippen LogP contribution in [0.3, 0.4) is 0 Å². The average molecular weight is 364 g/mol. The van der Waals surface area contributed by atoms with Crippen molar-refractivity contribution in [3.05, 3.63) is 70.7 Å². The zero-order valence-electron chi connectivity index (χ0n) is 14.6. The number of hydrogen-bond acceptors (Lipinski definition) is 5. The lowest BCUT2D eigenvalue weighted by Gasteiger charge is -2.34. The molecule has 2 aromatic carbocycles. The maximum atomic E-state index is 12.9. The van der Waals surface area contributed by atoms with E-state index in [2.05, 4.69) is 12.2 Å². The number of carbonyl (C=O) groups is 1. The summed E-state index contributed by atoms with van der Waals surface area (Å²) in [7, 11) is 0. The van der Waals surface area contributed by atoms with E-state index in [-0.39, 0.29) is 12.1 Å². The van der Waals surface area contributed by atoms with Crippen LogP contribution < -0.4 is 15.9 Å². The Kier molecular flexibility index (Phi) is 4.75. The Morgan fingerprint density at radius 2 is 1.88 bits per heavy atom. The van der Waals surface area contributed by atoms with Crippen LogP contribution in [0.2, 0.25) is 0 Å². The Morgan fingerprint density at radius 3 is 2.69 bits per heavy atom. The third kappa shape index (κ3) is 3.12. The molecule has 0 unspecified atom stereocenters. The van der Waals surface area contributed by atoms with Gasteiger partial charge in [-0.05, 0) is 18.1 Å². The lowest BCUT2D eigenvalue weighted by molar-refractivity contribution is -0.116. The molecule has 132 valence electrons. The molecule has 2 aliphatic rings. The van der Waals surface area contributed by atoms with Crippen molar-refractivity contribution >= 4 is 28.5 Å². The Morgan fingerprint density at radius 1 is 1.12 bits per heavy atom. The quantitative estimate of drug-likeness (QED) is 0.848. The minimum atomic E-state index is -0.339. The molecule has 1 amide bonds. The van der Waals surface area contributed by atoms with Gasteiger partial charge in [-0.2, -0.15) is 0 Å². The molecule has 26 heavy (non-hydrogen) atoms. The van der Waals surface area contributed by atoms with Crippen molar-refractivity contribution in [1.29, 1.82) is 0 Å². The maximum absolute atomic E-state index is 12.9. The number of fused-ring (bicyclic) bond motifs is 2. The second-order valence-electron chi connectivity index (χ2n) is 6.19. The molecule has 0 spiro atoms. The van der Waals surface area contributed by atoms with Crippen molar-refractivity contribution in [3.63, 3.8) is 0 Å². The molecule has 2 aromatic rings. The summed E-state index contributed by atoms with van der Waals surface area (Å²) in [5.74, 6) is 0.810. The van der Waals surface area contributed by atoms with Crippen LogP contribution in [0.5, 0.6) is 0 Å². The fourth-order valence-electron chi connectivity index (χ4n) is 3.05. The van der Waals surface area contributed by atoms with Crippen molar-refractivity contribution < 1.29 is 4.79 Å². The standard InChI is InChI=1S/C20H20N4OS/c1-2-3-13-26-20-22-19(25)17-15-11-7-8-12-16(15)21-18(24(17)23-20)14-9-5-4-6-10-14/h4-12,18H,2-3,13H2,1H3,(H,22,23,25)/t18-/m1/s1. The van der Waals surface area contributed by atoms with E-state index in [1.807, 2.05) is 54.6 Å². The minimum absolute atomic E-state index is 0.123. The summed E-state index contributed by atoms with van der Waals surface area (Å²) in [6, 6.07) is 17.7. The molecule has 6 heteroatoms. The lowest BCUT2D eigenvalue weighted by Crippen LogP contribution is -2.50. The Bertz CT molecular complexity index is 971. The van der Waals surface area contributed by atoms with Crippen LogP contribution in [-0.2, 0) is 4.79 Å². The number of nitrogens with one attached hydrogen (secondary N) is 1. The number of para-hydroxylation sites is 1. The largest absolute Gasteiger partial charge is 0.298 e. The topological polar surface area (TPSA) is 57.1 Å². The van der Waals surface area contributed by atoms with Crippen molar-refractivity contribution in [1.82, 2.24) is 10.3 Å². The summed E-state index contributed by atoms with van der Waals surface area (Å²) < 4.78 is 0. The van der Waals surface area contributed by atoms with Crippen LogP contribution in [0, 0.1) is 0 Å². The zero-order valence-corrected chi connectivity index (χ0v) is 15.4. The molecule has 4 rings (SSSR count). The maximum Gasteiger partial charge on any atom is 0.276 e. The van der Waals surface area contributed by atoms with Gasteiger partial charge in [-0.25, -0.2) is 5.01 Å². The van der Waals surface area contributed by atoms with Gasteiger partial charge < -0.3 is 0 Å². The molecular formula is C20H20N4OS. The molecule has 2 heterocycles. The highest BCUT2D eigenvalue weighted by molar-refractivity contribution is 8.13. The van der Waals surface area contributed by atoms with Gasteiger partial charge in [0.2, 0.25) is 0 Å². The number of hydrazone groups is 1. The van der Waals surface area contributed by atoms with E-state index in [9.17, 15) is 4.79 Å². The fraction of sp³-hybridized carbons (Fsp3) is 0.250. The first kappa shape index (κ1) is 16.8. The number of amidine groups is 1. The summed E-state index contributed by atoms with van der Waals surface area (Å²) in [5, 5.41) is 11.7. The average Bonchev–Trinajstić information content (AvgIpc) is 2.68. The van der Waals surface area contributed by atoms with Gasteiger partial charge in [0.1, 0.15) is 5.70 Å². The molecule has 0 aliphatic carbocycles. The highest BCUT2D eigenvalue weighted by atomic mass is 32.2. The molecule has 0 saturated carbocycles. The van der Waals surface area contributed by atoms with Crippen LogP contribution in [-0.4, -0.2) is 21.8 Å². The molecule has 5 nitrogen and oxygen atoms in total. The van der Waals surface area contributed by atoms with E-state index in [0.717, 1.165) is 34.7 Å². The molecule has 2 aliphatic heterocycles. The Balaban J connectivity index is 1.83. The summed E-state index contributed by atoms with van der Waals surface area (Å²) >= 11 is 1.58. The van der Waals surface area contributed by atoms with Crippen molar-refractivity contribution in [2.45, 2.75) is 25.9 Å². The molecule has 0 aromatic heterocycles. The normalized spacial score (nSPS) is 18.4. The fourth-order valence-corrected chi connectivity index (χ4v) is 3.98. The molecule has 1 atom stereocenters. The molecule has 1 N–H and O–H groups in total. The first-order valence-corrected chi connectivity index (χ1v) is 9.80. The van der Waals surface area contributed by atoms with Crippen molar-refractivity contribution in [2.24, 2.45) is 10.1 Å². The van der Waals surface area contributed by atoms with Gasteiger partial charge >= 0.3 is 0 Å². The third-order valence-corrected chi connectivity index (χ3v) is 5.30. The van der Waals surface area contributed by atoms with Crippen LogP contribution in [0.25, 0.3) is 5.70 Å². The second kappa shape index (κ2) is 7.33. The van der Waals surface area contributed by atoms with Gasteiger partial charge in [-0.3, -0.25) is 15.1 Å². The highest BCUT2D eigenvalue weighted by Gasteiger charge is 2.34. The summed E-state index contributed by atoms with van der Waals surface area (Å²) in [6.07, 6.45) is 1.87. The van der Waals surface area contributed by atoms with E-state index in [0.29, 0.717) is 10.9 Å². The number of rotatable bonds is 4. The summed E-state index contributed by atoms with van der Waals surface area (Å²) in [5.41, 5.74) is 1.57. The van der Waals surface area contributed by atoms with Crippen LogP contribution in [0.4, 0.5) is 0 Å². The van der Waals surface area contributed by atoms with Gasteiger partial charge in [0.25, 0.3) is 5.91 Å². The predicted molar refractivity (Wildman–Crippen MR) is 105 cm³/mol. The Labute approximate surface area is 156 Å². The van der Waals surface area contributed by atoms with Gasteiger partial charge in [0.15, 0.2) is 11.3 Å². The SMILES string of the molecule is CCCCSC1=NN2C(=c3ccccc3=N[C@H]2c2ccccc2)C(=O)N1. The number of amides is 1.